The highest BCUT2D eigenvalue weighted by Gasteiger charge is 2.42. The maximum atomic E-state index is 11.8. The van der Waals surface area contributed by atoms with E-state index in [-0.39, 0.29) is 12.1 Å². The van der Waals surface area contributed by atoms with E-state index in [2.05, 4.69) is 26.1 Å². The lowest BCUT2D eigenvalue weighted by molar-refractivity contribution is 0.0502. The van der Waals surface area contributed by atoms with Crippen molar-refractivity contribution in [1.29, 1.82) is 0 Å². The molecule has 1 N–H and O–H groups in total. The summed E-state index contributed by atoms with van der Waals surface area (Å²) in [7, 11) is 0. The van der Waals surface area contributed by atoms with Gasteiger partial charge in [-0.2, -0.15) is 0 Å². The van der Waals surface area contributed by atoms with Crippen molar-refractivity contribution in [2.75, 3.05) is 0 Å². The van der Waals surface area contributed by atoms with Gasteiger partial charge in [0.1, 0.15) is 5.60 Å². The fourth-order valence-corrected chi connectivity index (χ4v) is 3.12. The Morgan fingerprint density at radius 3 is 2.39 bits per heavy atom. The number of amides is 1. The van der Waals surface area contributed by atoms with Gasteiger partial charge in [-0.05, 0) is 44.9 Å². The lowest BCUT2D eigenvalue weighted by Crippen LogP contribution is -2.38. The largest absolute Gasteiger partial charge is 0.444 e. The molecule has 0 aromatic rings. The second-order valence-corrected chi connectivity index (χ2v) is 6.90. The van der Waals surface area contributed by atoms with Gasteiger partial charge < -0.3 is 10.1 Å². The van der Waals surface area contributed by atoms with Gasteiger partial charge in [-0.1, -0.05) is 33.6 Å². The number of carbonyl (C=O) groups is 1. The Morgan fingerprint density at radius 2 is 2.00 bits per heavy atom. The standard InChI is InChI=1S/C15H29NO2/c1-7-11-9-12(10-15(11,6)8-2)16-13(17)18-14(3,4)5/h11-12H,7-10H2,1-6H3,(H,16,17)/t11-,12+,15+/m0/s1. The quantitative estimate of drug-likeness (QED) is 0.824. The van der Waals surface area contributed by atoms with E-state index in [0.29, 0.717) is 11.3 Å². The van der Waals surface area contributed by atoms with E-state index in [1.54, 1.807) is 0 Å². The summed E-state index contributed by atoms with van der Waals surface area (Å²) in [6.45, 7) is 12.5. The number of hydrogen-bond donors (Lipinski definition) is 1. The highest BCUT2D eigenvalue weighted by atomic mass is 16.6. The molecule has 0 heterocycles. The van der Waals surface area contributed by atoms with Crippen molar-refractivity contribution in [3.8, 4) is 0 Å². The van der Waals surface area contributed by atoms with Crippen LogP contribution in [0.2, 0.25) is 0 Å². The fraction of sp³-hybridized carbons (Fsp3) is 0.933. The number of carbonyl (C=O) groups excluding carboxylic acids is 1. The maximum Gasteiger partial charge on any atom is 0.407 e. The van der Waals surface area contributed by atoms with Crippen LogP contribution in [0.5, 0.6) is 0 Å². The van der Waals surface area contributed by atoms with Crippen LogP contribution in [-0.4, -0.2) is 17.7 Å². The zero-order chi connectivity index (χ0) is 14.0. The molecule has 0 aromatic heterocycles. The van der Waals surface area contributed by atoms with Crippen LogP contribution in [0.25, 0.3) is 0 Å². The third-order valence-corrected chi connectivity index (χ3v) is 4.29. The molecule has 1 fully saturated rings. The fourth-order valence-electron chi connectivity index (χ4n) is 3.12. The monoisotopic (exact) mass is 255 g/mol. The highest BCUT2D eigenvalue weighted by molar-refractivity contribution is 5.68. The molecule has 0 saturated heterocycles. The molecule has 3 nitrogen and oxygen atoms in total. The molecule has 0 radical (unpaired) electrons. The minimum atomic E-state index is -0.416. The van der Waals surface area contributed by atoms with Crippen molar-refractivity contribution in [2.24, 2.45) is 11.3 Å². The second-order valence-electron chi connectivity index (χ2n) is 6.90. The van der Waals surface area contributed by atoms with Gasteiger partial charge in [0.15, 0.2) is 0 Å². The van der Waals surface area contributed by atoms with Crippen molar-refractivity contribution in [3.05, 3.63) is 0 Å². The van der Waals surface area contributed by atoms with E-state index >= 15 is 0 Å². The molecule has 106 valence electrons. The maximum absolute atomic E-state index is 11.8. The summed E-state index contributed by atoms with van der Waals surface area (Å²) in [4.78, 5) is 11.8. The average molecular weight is 255 g/mol. The van der Waals surface area contributed by atoms with Gasteiger partial charge in [0.25, 0.3) is 0 Å². The lowest BCUT2D eigenvalue weighted by Gasteiger charge is -2.29. The molecule has 0 aliphatic heterocycles. The third kappa shape index (κ3) is 3.89. The van der Waals surface area contributed by atoms with Crippen LogP contribution in [0.4, 0.5) is 4.79 Å². The predicted octanol–water partition coefficient (Wildman–Crippen LogP) is 4.12. The van der Waals surface area contributed by atoms with Crippen LogP contribution in [0.1, 0.15) is 67.2 Å². The van der Waals surface area contributed by atoms with Crippen molar-refractivity contribution in [3.63, 3.8) is 0 Å². The predicted molar refractivity (Wildman–Crippen MR) is 74.6 cm³/mol. The van der Waals surface area contributed by atoms with Gasteiger partial charge in [0, 0.05) is 6.04 Å². The number of hydrogen-bond acceptors (Lipinski definition) is 2. The first-order valence-corrected chi connectivity index (χ1v) is 7.19. The normalized spacial score (nSPS) is 32.3. The van der Waals surface area contributed by atoms with Crippen LogP contribution >= 0.6 is 0 Å². The first kappa shape index (κ1) is 15.3. The van der Waals surface area contributed by atoms with Crippen LogP contribution < -0.4 is 5.32 Å². The zero-order valence-corrected chi connectivity index (χ0v) is 12.8. The molecular formula is C15H29NO2. The molecule has 0 bridgehead atoms. The summed E-state index contributed by atoms with van der Waals surface area (Å²) < 4.78 is 5.32. The first-order valence-electron chi connectivity index (χ1n) is 7.19. The van der Waals surface area contributed by atoms with Crippen molar-refractivity contribution >= 4 is 6.09 Å². The molecule has 3 atom stereocenters. The van der Waals surface area contributed by atoms with Gasteiger partial charge in [-0.25, -0.2) is 4.79 Å². The minimum Gasteiger partial charge on any atom is -0.444 e. The Kier molecular flexibility index (Phi) is 4.68. The zero-order valence-electron chi connectivity index (χ0n) is 12.8. The Morgan fingerprint density at radius 1 is 1.39 bits per heavy atom. The van der Waals surface area contributed by atoms with E-state index in [1.165, 1.54) is 12.8 Å². The van der Waals surface area contributed by atoms with Crippen molar-refractivity contribution in [2.45, 2.75) is 78.9 Å². The molecule has 1 aliphatic rings. The summed E-state index contributed by atoms with van der Waals surface area (Å²) in [5.41, 5.74) is -0.0463. The van der Waals surface area contributed by atoms with Crippen molar-refractivity contribution < 1.29 is 9.53 Å². The molecule has 1 aliphatic carbocycles. The van der Waals surface area contributed by atoms with E-state index in [9.17, 15) is 4.79 Å². The van der Waals surface area contributed by atoms with Gasteiger partial charge in [0.2, 0.25) is 0 Å². The summed E-state index contributed by atoms with van der Waals surface area (Å²) in [5.74, 6) is 0.711. The topological polar surface area (TPSA) is 38.3 Å². The molecule has 0 spiro atoms. The Labute approximate surface area is 112 Å². The Balaban J connectivity index is 2.54. The number of alkyl carbamates (subject to hydrolysis) is 1. The summed E-state index contributed by atoms with van der Waals surface area (Å²) >= 11 is 0. The third-order valence-electron chi connectivity index (χ3n) is 4.29. The number of rotatable bonds is 3. The van der Waals surface area contributed by atoms with Crippen LogP contribution in [-0.2, 0) is 4.74 Å². The minimum absolute atomic E-state index is 0.273. The SMILES string of the molecule is CC[C@H]1C[C@@H](NC(=O)OC(C)(C)C)C[C@@]1(C)CC. The van der Waals surface area contributed by atoms with E-state index in [4.69, 9.17) is 4.74 Å². The van der Waals surface area contributed by atoms with E-state index in [0.717, 1.165) is 12.8 Å². The molecule has 0 aromatic carbocycles. The lowest BCUT2D eigenvalue weighted by atomic mass is 9.76. The van der Waals surface area contributed by atoms with Crippen LogP contribution in [0.3, 0.4) is 0 Å². The van der Waals surface area contributed by atoms with E-state index in [1.807, 2.05) is 20.8 Å². The molecule has 1 amide bonds. The van der Waals surface area contributed by atoms with Crippen molar-refractivity contribution in [1.82, 2.24) is 5.32 Å². The van der Waals surface area contributed by atoms with Gasteiger partial charge in [-0.15, -0.1) is 0 Å². The van der Waals surface area contributed by atoms with Crippen LogP contribution in [0.15, 0.2) is 0 Å². The Hall–Kier alpha value is -0.730. The smallest absolute Gasteiger partial charge is 0.407 e. The summed E-state index contributed by atoms with van der Waals surface area (Å²) in [5, 5.41) is 3.03. The molecule has 0 unspecified atom stereocenters. The van der Waals surface area contributed by atoms with Gasteiger partial charge in [-0.3, -0.25) is 0 Å². The summed E-state index contributed by atoms with van der Waals surface area (Å²) in [6.07, 6.45) is 4.25. The van der Waals surface area contributed by atoms with Gasteiger partial charge in [0.05, 0.1) is 0 Å². The second kappa shape index (κ2) is 5.50. The van der Waals surface area contributed by atoms with Crippen LogP contribution in [0, 0.1) is 11.3 Å². The molecule has 3 heteroatoms. The number of ether oxygens (including phenoxy) is 1. The molecular weight excluding hydrogens is 226 g/mol. The number of nitrogens with one attached hydrogen (secondary N) is 1. The molecule has 1 rings (SSSR count). The van der Waals surface area contributed by atoms with Gasteiger partial charge >= 0.3 is 6.09 Å². The highest BCUT2D eigenvalue weighted by Crippen LogP contribution is 2.47. The average Bonchev–Trinajstić information content (AvgIpc) is 2.52. The summed E-state index contributed by atoms with van der Waals surface area (Å²) in [6, 6.07) is 0.273. The van der Waals surface area contributed by atoms with E-state index < -0.39 is 5.60 Å². The molecule has 18 heavy (non-hydrogen) atoms. The Bertz CT molecular complexity index is 295. The first-order chi connectivity index (χ1) is 8.20. The molecule has 1 saturated carbocycles.